The van der Waals surface area contributed by atoms with Gasteiger partial charge in [0.2, 0.25) is 0 Å². The van der Waals surface area contributed by atoms with Crippen LogP contribution in [0.1, 0.15) is 40.5 Å². The minimum absolute atomic E-state index is 0.0672. The van der Waals surface area contributed by atoms with Gasteiger partial charge in [0.15, 0.2) is 5.78 Å². The van der Waals surface area contributed by atoms with Gasteiger partial charge in [0.05, 0.1) is 22.7 Å². The number of benzene rings is 1. The average Bonchev–Trinajstić information content (AvgIpc) is 2.51. The molecule has 104 valence electrons. The van der Waals surface area contributed by atoms with Gasteiger partial charge in [0.25, 0.3) is 0 Å². The van der Waals surface area contributed by atoms with Crippen LogP contribution in [0.2, 0.25) is 5.15 Å². The second-order valence-corrected chi connectivity index (χ2v) is 5.87. The van der Waals surface area contributed by atoms with Crippen LogP contribution in [0.25, 0.3) is 0 Å². The Kier molecular flexibility index (Phi) is 3.27. The molecule has 0 amide bonds. The first-order valence-electron chi connectivity index (χ1n) is 6.75. The molecule has 1 heterocycles. The zero-order chi connectivity index (χ0) is 15.0. The number of aromatic nitrogens is 1. The first-order valence-corrected chi connectivity index (χ1v) is 7.13. The molecule has 21 heavy (non-hydrogen) atoms. The van der Waals surface area contributed by atoms with Crippen molar-refractivity contribution >= 4 is 17.4 Å². The molecule has 0 radical (unpaired) electrons. The number of ketones is 1. The van der Waals surface area contributed by atoms with E-state index in [1.165, 1.54) is 0 Å². The van der Waals surface area contributed by atoms with Crippen molar-refractivity contribution in [2.24, 2.45) is 0 Å². The van der Waals surface area contributed by atoms with E-state index >= 15 is 0 Å². The van der Waals surface area contributed by atoms with E-state index < -0.39 is 5.41 Å². The molecule has 0 aliphatic heterocycles. The van der Waals surface area contributed by atoms with Gasteiger partial charge in [-0.15, -0.1) is 0 Å². The molecule has 1 unspecified atom stereocenters. The standard InChI is InChI=1S/C17H13ClN2O/c1-17(12-4-2-11(10-19)3-5-12)9-8-14-13(16(17)21)6-7-15(18)20-14/h2-7H,8-9H2,1H3. The highest BCUT2D eigenvalue weighted by atomic mass is 35.5. The molecule has 1 aromatic heterocycles. The molecule has 1 aliphatic carbocycles. The van der Waals surface area contributed by atoms with E-state index in [4.69, 9.17) is 16.9 Å². The van der Waals surface area contributed by atoms with Gasteiger partial charge in [-0.05, 0) is 49.6 Å². The van der Waals surface area contributed by atoms with Gasteiger partial charge in [-0.1, -0.05) is 23.7 Å². The number of hydrogen-bond donors (Lipinski definition) is 0. The Bertz CT molecular complexity index is 761. The summed E-state index contributed by atoms with van der Waals surface area (Å²) in [5.41, 5.74) is 2.39. The molecule has 0 fully saturated rings. The summed E-state index contributed by atoms with van der Waals surface area (Å²) in [5.74, 6) is 0.0672. The number of nitrogens with zero attached hydrogens (tertiary/aromatic N) is 2. The van der Waals surface area contributed by atoms with Crippen LogP contribution in [0.15, 0.2) is 36.4 Å². The summed E-state index contributed by atoms with van der Waals surface area (Å²) in [6.45, 7) is 1.95. The van der Waals surface area contributed by atoms with Crippen molar-refractivity contribution in [3.8, 4) is 6.07 Å². The van der Waals surface area contributed by atoms with E-state index in [9.17, 15) is 4.79 Å². The lowest BCUT2D eigenvalue weighted by Crippen LogP contribution is -2.37. The second kappa shape index (κ2) is 4.98. The summed E-state index contributed by atoms with van der Waals surface area (Å²) in [5, 5.41) is 9.29. The maximum atomic E-state index is 12.9. The Morgan fingerprint density at radius 2 is 1.95 bits per heavy atom. The number of fused-ring (bicyclic) bond motifs is 1. The number of carbonyl (C=O) groups is 1. The molecule has 3 rings (SSSR count). The van der Waals surface area contributed by atoms with E-state index in [1.807, 2.05) is 19.1 Å². The van der Waals surface area contributed by atoms with Crippen molar-refractivity contribution in [2.75, 3.05) is 0 Å². The van der Waals surface area contributed by atoms with Crippen molar-refractivity contribution < 1.29 is 4.79 Å². The van der Waals surface area contributed by atoms with Gasteiger partial charge in [0, 0.05) is 5.56 Å². The van der Waals surface area contributed by atoms with Gasteiger partial charge in [-0.25, -0.2) is 4.98 Å². The van der Waals surface area contributed by atoms with Crippen molar-refractivity contribution in [1.82, 2.24) is 4.98 Å². The van der Waals surface area contributed by atoms with Crippen LogP contribution >= 0.6 is 11.6 Å². The monoisotopic (exact) mass is 296 g/mol. The molecule has 0 saturated carbocycles. The third-order valence-corrected chi connectivity index (χ3v) is 4.41. The largest absolute Gasteiger partial charge is 0.293 e. The molecule has 1 atom stereocenters. The predicted molar refractivity (Wildman–Crippen MR) is 80.4 cm³/mol. The Hall–Kier alpha value is -2.18. The molecular weight excluding hydrogens is 284 g/mol. The first-order chi connectivity index (χ1) is 10.0. The van der Waals surface area contributed by atoms with Crippen molar-refractivity contribution in [3.05, 3.63) is 63.9 Å². The summed E-state index contributed by atoms with van der Waals surface area (Å²) in [6, 6.07) is 12.7. The smallest absolute Gasteiger partial charge is 0.174 e. The summed E-state index contributed by atoms with van der Waals surface area (Å²) in [4.78, 5) is 17.1. The van der Waals surface area contributed by atoms with Crippen molar-refractivity contribution in [1.29, 1.82) is 5.26 Å². The number of pyridine rings is 1. The molecule has 0 bridgehead atoms. The Balaban J connectivity index is 2.04. The number of carbonyl (C=O) groups excluding carboxylic acids is 1. The van der Waals surface area contributed by atoms with E-state index in [-0.39, 0.29) is 5.78 Å². The second-order valence-electron chi connectivity index (χ2n) is 5.48. The minimum Gasteiger partial charge on any atom is -0.293 e. The molecule has 0 spiro atoms. The summed E-state index contributed by atoms with van der Waals surface area (Å²) < 4.78 is 0. The molecule has 4 heteroatoms. The summed E-state index contributed by atoms with van der Waals surface area (Å²) in [6.07, 6.45) is 1.41. The van der Waals surface area contributed by atoms with E-state index in [0.717, 1.165) is 17.7 Å². The number of hydrogen-bond acceptors (Lipinski definition) is 3. The lowest BCUT2D eigenvalue weighted by atomic mass is 9.69. The SMILES string of the molecule is CC1(c2ccc(C#N)cc2)CCc2nc(Cl)ccc2C1=O. The van der Waals surface area contributed by atoms with Crippen LogP contribution in [-0.2, 0) is 11.8 Å². The van der Waals surface area contributed by atoms with Gasteiger partial charge in [-0.2, -0.15) is 5.26 Å². The molecule has 0 saturated heterocycles. The third kappa shape index (κ3) is 2.22. The van der Waals surface area contributed by atoms with E-state index in [0.29, 0.717) is 22.7 Å². The number of nitriles is 1. The van der Waals surface area contributed by atoms with Gasteiger partial charge in [0.1, 0.15) is 5.15 Å². The normalized spacial score (nSPS) is 20.7. The fourth-order valence-corrected chi connectivity index (χ4v) is 3.00. The minimum atomic E-state index is -0.573. The molecular formula is C17H13ClN2O. The number of rotatable bonds is 1. The zero-order valence-electron chi connectivity index (χ0n) is 11.6. The molecule has 1 aliphatic rings. The molecule has 1 aromatic carbocycles. The average molecular weight is 297 g/mol. The van der Waals surface area contributed by atoms with Gasteiger partial charge in [-0.3, -0.25) is 4.79 Å². The fraction of sp³-hybridized carbons (Fsp3) is 0.235. The highest BCUT2D eigenvalue weighted by Crippen LogP contribution is 2.38. The van der Waals surface area contributed by atoms with Crippen LogP contribution < -0.4 is 0 Å². The van der Waals surface area contributed by atoms with Crippen LogP contribution in [0.5, 0.6) is 0 Å². The van der Waals surface area contributed by atoms with Gasteiger partial charge < -0.3 is 0 Å². The van der Waals surface area contributed by atoms with E-state index in [2.05, 4.69) is 11.1 Å². The molecule has 3 nitrogen and oxygen atoms in total. The first kappa shape index (κ1) is 13.8. The lowest BCUT2D eigenvalue weighted by Gasteiger charge is -2.33. The Labute approximate surface area is 128 Å². The third-order valence-electron chi connectivity index (χ3n) is 4.20. The lowest BCUT2D eigenvalue weighted by molar-refractivity contribution is 0.0874. The highest BCUT2D eigenvalue weighted by Gasteiger charge is 2.40. The predicted octanol–water partition coefficient (Wildman–Crippen LogP) is 3.69. The quantitative estimate of drug-likeness (QED) is 0.754. The topological polar surface area (TPSA) is 53.8 Å². The fourth-order valence-electron chi connectivity index (χ4n) is 2.84. The number of halogens is 1. The number of Topliss-reactive ketones (excluding diaryl/α,β-unsaturated/α-hetero) is 1. The Morgan fingerprint density at radius 1 is 1.24 bits per heavy atom. The maximum absolute atomic E-state index is 12.9. The van der Waals surface area contributed by atoms with Crippen LogP contribution in [-0.4, -0.2) is 10.8 Å². The summed E-state index contributed by atoms with van der Waals surface area (Å²) in [7, 11) is 0. The molecule has 0 N–H and O–H groups in total. The number of aryl methyl sites for hydroxylation is 1. The van der Waals surface area contributed by atoms with Gasteiger partial charge >= 0.3 is 0 Å². The van der Waals surface area contributed by atoms with Crippen molar-refractivity contribution in [3.63, 3.8) is 0 Å². The highest BCUT2D eigenvalue weighted by molar-refractivity contribution is 6.29. The molecule has 2 aromatic rings. The van der Waals surface area contributed by atoms with Crippen LogP contribution in [0.4, 0.5) is 0 Å². The zero-order valence-corrected chi connectivity index (χ0v) is 12.3. The van der Waals surface area contributed by atoms with E-state index in [1.54, 1.807) is 24.3 Å². The van der Waals surface area contributed by atoms with Crippen LogP contribution in [0, 0.1) is 11.3 Å². The van der Waals surface area contributed by atoms with Crippen LogP contribution in [0.3, 0.4) is 0 Å². The summed E-state index contributed by atoms with van der Waals surface area (Å²) >= 11 is 5.89. The Morgan fingerprint density at radius 3 is 2.62 bits per heavy atom. The maximum Gasteiger partial charge on any atom is 0.174 e. The van der Waals surface area contributed by atoms with Crippen molar-refractivity contribution in [2.45, 2.75) is 25.2 Å².